The van der Waals surface area contributed by atoms with Crippen LogP contribution in [-0.4, -0.2) is 49.0 Å². The van der Waals surface area contributed by atoms with Gasteiger partial charge in [0.15, 0.2) is 0 Å². The Bertz CT molecular complexity index is 553. The minimum atomic E-state index is -2.98. The van der Waals surface area contributed by atoms with Gasteiger partial charge >= 0.3 is 6.61 Å². The molecule has 0 aromatic heterocycles. The predicted molar refractivity (Wildman–Crippen MR) is 87.1 cm³/mol. The number of nitrogens with one attached hydrogen (secondary N) is 2. The van der Waals surface area contributed by atoms with Crippen molar-refractivity contribution < 1.29 is 23.1 Å². The van der Waals surface area contributed by atoms with Crippen LogP contribution in [0.2, 0.25) is 0 Å². The van der Waals surface area contributed by atoms with E-state index in [-0.39, 0.29) is 36.5 Å². The topological polar surface area (TPSA) is 70.7 Å². The number of carbonyl (C=O) groups is 2. The summed E-state index contributed by atoms with van der Waals surface area (Å²) in [7, 11) is 0. The van der Waals surface area contributed by atoms with E-state index < -0.39 is 12.5 Å². The van der Waals surface area contributed by atoms with Crippen molar-refractivity contribution in [1.29, 1.82) is 0 Å². The molecular weight excluding hydrogens is 320 g/mol. The number of ether oxygens (including phenoxy) is 1. The monoisotopic (exact) mass is 343 g/mol. The number of hydrogen-bond acceptors (Lipinski definition) is 4. The number of likely N-dealkylation sites (N-methyl/N-ethyl adjacent to an activating group) is 1. The molecule has 6 nitrogen and oxygen atoms in total. The predicted octanol–water partition coefficient (Wildman–Crippen LogP) is 2.07. The molecule has 2 amide bonds. The molecule has 0 radical (unpaired) electrons. The second-order valence-electron chi connectivity index (χ2n) is 5.45. The first-order valence-corrected chi connectivity index (χ1v) is 7.67. The van der Waals surface area contributed by atoms with Gasteiger partial charge in [0, 0.05) is 6.04 Å². The molecule has 1 rings (SSSR count). The Kier molecular flexibility index (Phi) is 8.11. The van der Waals surface area contributed by atoms with E-state index in [4.69, 9.17) is 0 Å². The van der Waals surface area contributed by atoms with Gasteiger partial charge in [0.05, 0.1) is 18.8 Å². The zero-order chi connectivity index (χ0) is 18.1. The molecule has 1 aromatic rings. The molecule has 0 aliphatic heterocycles. The number of hydrogen-bond donors (Lipinski definition) is 2. The fraction of sp³-hybridized carbons (Fsp3) is 0.500. The van der Waals surface area contributed by atoms with Crippen molar-refractivity contribution in [2.75, 3.05) is 25.0 Å². The Labute approximate surface area is 140 Å². The average Bonchev–Trinajstić information content (AvgIpc) is 2.47. The number of anilines is 1. The lowest BCUT2D eigenvalue weighted by Gasteiger charge is -2.20. The number of amides is 2. The summed E-state index contributed by atoms with van der Waals surface area (Å²) in [6.45, 7) is 3.08. The molecule has 2 N–H and O–H groups in total. The molecule has 0 fully saturated rings. The summed E-state index contributed by atoms with van der Waals surface area (Å²) in [6, 6.07) is 5.96. The third kappa shape index (κ3) is 7.36. The Morgan fingerprint density at radius 2 is 1.79 bits per heavy atom. The molecule has 0 bridgehead atoms. The maximum absolute atomic E-state index is 12.4. The van der Waals surface area contributed by atoms with E-state index in [0.29, 0.717) is 6.54 Å². The van der Waals surface area contributed by atoms with Gasteiger partial charge in [-0.1, -0.05) is 19.1 Å². The first-order chi connectivity index (χ1) is 11.3. The van der Waals surface area contributed by atoms with Crippen LogP contribution in [0.4, 0.5) is 14.5 Å². The van der Waals surface area contributed by atoms with Crippen LogP contribution in [0.25, 0.3) is 0 Å². The molecule has 0 heterocycles. The zero-order valence-electron chi connectivity index (χ0n) is 14.0. The second-order valence-corrected chi connectivity index (χ2v) is 5.45. The van der Waals surface area contributed by atoms with Crippen molar-refractivity contribution in [3.63, 3.8) is 0 Å². The molecule has 0 atom stereocenters. The van der Waals surface area contributed by atoms with E-state index in [1.54, 1.807) is 11.0 Å². The van der Waals surface area contributed by atoms with E-state index in [1.807, 2.05) is 20.8 Å². The van der Waals surface area contributed by atoms with Gasteiger partial charge in [-0.3, -0.25) is 14.5 Å². The molecule has 8 heteroatoms. The fourth-order valence-corrected chi connectivity index (χ4v) is 2.01. The normalized spacial score (nSPS) is 11.0. The minimum absolute atomic E-state index is 0.0170. The van der Waals surface area contributed by atoms with Crippen molar-refractivity contribution in [3.05, 3.63) is 24.3 Å². The van der Waals surface area contributed by atoms with E-state index in [1.165, 1.54) is 18.2 Å². The molecule has 24 heavy (non-hydrogen) atoms. The summed E-state index contributed by atoms with van der Waals surface area (Å²) in [6.07, 6.45) is 0. The third-order valence-corrected chi connectivity index (χ3v) is 3.01. The highest BCUT2D eigenvalue weighted by Crippen LogP contribution is 2.25. The average molecular weight is 343 g/mol. The molecule has 0 spiro atoms. The second kappa shape index (κ2) is 9.82. The molecule has 0 aliphatic rings. The van der Waals surface area contributed by atoms with Crippen LogP contribution in [0.15, 0.2) is 24.3 Å². The van der Waals surface area contributed by atoms with Crippen LogP contribution in [0.1, 0.15) is 20.8 Å². The number of para-hydroxylation sites is 2. The number of halogens is 2. The van der Waals surface area contributed by atoms with E-state index in [9.17, 15) is 18.4 Å². The van der Waals surface area contributed by atoms with Crippen LogP contribution in [0, 0.1) is 0 Å². The smallest absolute Gasteiger partial charge is 0.387 e. The first-order valence-electron chi connectivity index (χ1n) is 7.67. The lowest BCUT2D eigenvalue weighted by atomic mass is 10.3. The molecule has 0 saturated heterocycles. The van der Waals surface area contributed by atoms with Crippen molar-refractivity contribution in [1.82, 2.24) is 10.2 Å². The van der Waals surface area contributed by atoms with Gasteiger partial charge in [-0.25, -0.2) is 0 Å². The van der Waals surface area contributed by atoms with Crippen LogP contribution >= 0.6 is 0 Å². The van der Waals surface area contributed by atoms with Crippen molar-refractivity contribution >= 4 is 17.5 Å². The highest BCUT2D eigenvalue weighted by Gasteiger charge is 2.16. The van der Waals surface area contributed by atoms with Crippen molar-refractivity contribution in [2.45, 2.75) is 33.4 Å². The SMILES string of the molecule is CCN(CC(=O)Nc1ccccc1OC(F)F)CC(=O)NC(C)C. The van der Waals surface area contributed by atoms with Gasteiger partial charge < -0.3 is 15.4 Å². The molecular formula is C16H23F2N3O3. The van der Waals surface area contributed by atoms with Crippen LogP contribution in [-0.2, 0) is 9.59 Å². The summed E-state index contributed by atoms with van der Waals surface area (Å²) < 4.78 is 29.1. The molecule has 1 aromatic carbocycles. The van der Waals surface area contributed by atoms with E-state index >= 15 is 0 Å². The van der Waals surface area contributed by atoms with Gasteiger partial charge in [-0.05, 0) is 32.5 Å². The highest BCUT2D eigenvalue weighted by atomic mass is 19.3. The number of rotatable bonds is 9. The largest absolute Gasteiger partial charge is 0.433 e. The standard InChI is InChI=1S/C16H23F2N3O3/c1-4-21(9-14(22)19-11(2)3)10-15(23)20-12-7-5-6-8-13(12)24-16(17)18/h5-8,11,16H,4,9-10H2,1-3H3,(H,19,22)(H,20,23). The van der Waals surface area contributed by atoms with Crippen LogP contribution in [0.5, 0.6) is 5.75 Å². The maximum atomic E-state index is 12.4. The third-order valence-electron chi connectivity index (χ3n) is 3.01. The Hall–Kier alpha value is -2.22. The van der Waals surface area contributed by atoms with Crippen molar-refractivity contribution in [2.24, 2.45) is 0 Å². The number of benzene rings is 1. The Morgan fingerprint density at radius 3 is 2.38 bits per heavy atom. The van der Waals surface area contributed by atoms with Crippen LogP contribution in [0.3, 0.4) is 0 Å². The summed E-state index contributed by atoms with van der Waals surface area (Å²) in [5, 5.41) is 5.27. The number of alkyl halides is 2. The van der Waals surface area contributed by atoms with Gasteiger partial charge in [0.2, 0.25) is 11.8 Å². The molecule has 0 aliphatic carbocycles. The maximum Gasteiger partial charge on any atom is 0.387 e. The van der Waals surface area contributed by atoms with Gasteiger partial charge in [-0.2, -0.15) is 8.78 Å². The number of carbonyl (C=O) groups excluding carboxylic acids is 2. The summed E-state index contributed by atoms with van der Waals surface area (Å²) in [5.41, 5.74) is 0.158. The van der Waals surface area contributed by atoms with Gasteiger partial charge in [-0.15, -0.1) is 0 Å². The molecule has 134 valence electrons. The fourth-order valence-electron chi connectivity index (χ4n) is 2.01. The zero-order valence-corrected chi connectivity index (χ0v) is 14.0. The minimum Gasteiger partial charge on any atom is -0.433 e. The van der Waals surface area contributed by atoms with Crippen LogP contribution < -0.4 is 15.4 Å². The highest BCUT2D eigenvalue weighted by molar-refractivity contribution is 5.94. The summed E-state index contributed by atoms with van der Waals surface area (Å²) in [5.74, 6) is -0.706. The first kappa shape index (κ1) is 19.8. The number of nitrogens with zero attached hydrogens (tertiary/aromatic N) is 1. The Balaban J connectivity index is 2.62. The van der Waals surface area contributed by atoms with E-state index in [2.05, 4.69) is 15.4 Å². The lowest BCUT2D eigenvalue weighted by molar-refractivity contribution is -0.123. The molecule has 0 unspecified atom stereocenters. The lowest BCUT2D eigenvalue weighted by Crippen LogP contribution is -2.42. The Morgan fingerprint density at radius 1 is 1.17 bits per heavy atom. The van der Waals surface area contributed by atoms with E-state index in [0.717, 1.165) is 0 Å². The van der Waals surface area contributed by atoms with Gasteiger partial charge in [0.25, 0.3) is 0 Å². The quantitative estimate of drug-likeness (QED) is 0.720. The molecule has 0 saturated carbocycles. The summed E-state index contributed by atoms with van der Waals surface area (Å²) in [4.78, 5) is 25.5. The van der Waals surface area contributed by atoms with Crippen molar-refractivity contribution in [3.8, 4) is 5.75 Å². The summed E-state index contributed by atoms with van der Waals surface area (Å²) >= 11 is 0. The van der Waals surface area contributed by atoms with Gasteiger partial charge in [0.1, 0.15) is 5.75 Å².